The first-order chi connectivity index (χ1) is 12.6. The predicted octanol–water partition coefficient (Wildman–Crippen LogP) is 4.09. The number of rotatable bonds is 5. The lowest BCUT2D eigenvalue weighted by molar-refractivity contribution is 0.349. The van der Waals surface area contributed by atoms with Gasteiger partial charge in [0.1, 0.15) is 5.82 Å². The van der Waals surface area contributed by atoms with Crippen molar-refractivity contribution in [2.75, 3.05) is 18.4 Å². The molecule has 1 unspecified atom stereocenters. The summed E-state index contributed by atoms with van der Waals surface area (Å²) in [4.78, 5) is 6.14. The van der Waals surface area contributed by atoms with Crippen LogP contribution in [0.15, 0.2) is 60.9 Å². The number of nitrogens with zero attached hydrogens (tertiary/aromatic N) is 2. The summed E-state index contributed by atoms with van der Waals surface area (Å²) in [5, 5.41) is 6.03. The number of nitrogens with two attached hydrogens (primary N) is 1. The molecular weight excluding hydrogens is 347 g/mol. The summed E-state index contributed by atoms with van der Waals surface area (Å²) in [5.74, 6) is -0.252. The molecule has 0 saturated heterocycles. The van der Waals surface area contributed by atoms with Gasteiger partial charge in [-0.15, -0.1) is 0 Å². The van der Waals surface area contributed by atoms with E-state index in [1.54, 1.807) is 18.3 Å². The van der Waals surface area contributed by atoms with Gasteiger partial charge in [-0.2, -0.15) is 0 Å². The van der Waals surface area contributed by atoms with E-state index in [1.807, 2.05) is 42.3 Å². The number of halogens is 1. The first kappa shape index (κ1) is 18.2. The minimum Gasteiger partial charge on any atom is -0.341 e. The van der Waals surface area contributed by atoms with Crippen LogP contribution in [0.2, 0.25) is 0 Å². The fourth-order valence-electron chi connectivity index (χ4n) is 2.89. The van der Waals surface area contributed by atoms with E-state index in [0.717, 1.165) is 22.0 Å². The van der Waals surface area contributed by atoms with Gasteiger partial charge in [-0.3, -0.25) is 4.98 Å². The van der Waals surface area contributed by atoms with Crippen LogP contribution in [-0.2, 0) is 0 Å². The number of pyridine rings is 1. The second-order valence-corrected chi connectivity index (χ2v) is 6.46. The molecule has 0 bridgehead atoms. The second kappa shape index (κ2) is 8.21. The molecule has 4 nitrogen and oxygen atoms in total. The number of aromatic nitrogens is 1. The van der Waals surface area contributed by atoms with Gasteiger partial charge in [0, 0.05) is 36.6 Å². The molecule has 134 valence electrons. The smallest absolute Gasteiger partial charge is 0.173 e. The number of hydrogen-bond donors (Lipinski definition) is 2. The lowest BCUT2D eigenvalue weighted by Crippen LogP contribution is -2.40. The highest BCUT2D eigenvalue weighted by molar-refractivity contribution is 7.80. The third-order valence-corrected chi connectivity index (χ3v) is 4.68. The van der Waals surface area contributed by atoms with Crippen LogP contribution in [0.5, 0.6) is 0 Å². The summed E-state index contributed by atoms with van der Waals surface area (Å²) in [7, 11) is 0. The molecule has 0 saturated carbocycles. The summed E-state index contributed by atoms with van der Waals surface area (Å²) < 4.78 is 13.2. The van der Waals surface area contributed by atoms with Crippen molar-refractivity contribution in [2.45, 2.75) is 13.0 Å². The highest BCUT2D eigenvalue weighted by atomic mass is 32.1. The third-order valence-electron chi connectivity index (χ3n) is 4.34. The monoisotopic (exact) mass is 368 g/mol. The van der Waals surface area contributed by atoms with Gasteiger partial charge in [-0.25, -0.2) is 4.39 Å². The fraction of sp³-hybridized carbons (Fsp3) is 0.200. The molecule has 1 heterocycles. The number of hydrogen-bond acceptors (Lipinski definition) is 3. The molecule has 0 amide bonds. The van der Waals surface area contributed by atoms with Gasteiger partial charge in [-0.05, 0) is 60.4 Å². The minimum absolute atomic E-state index is 0.0243. The molecular formula is C20H21FN4S. The quantitative estimate of drug-likeness (QED) is 0.664. The van der Waals surface area contributed by atoms with Crippen LogP contribution in [0.25, 0.3) is 10.8 Å². The van der Waals surface area contributed by atoms with Gasteiger partial charge in [0.05, 0.1) is 6.04 Å². The molecule has 1 atom stereocenters. The van der Waals surface area contributed by atoms with Crippen molar-refractivity contribution < 1.29 is 4.39 Å². The van der Waals surface area contributed by atoms with Crippen LogP contribution in [0, 0.1) is 5.82 Å². The molecule has 0 spiro atoms. The van der Waals surface area contributed by atoms with Crippen molar-refractivity contribution in [3.05, 3.63) is 72.3 Å². The van der Waals surface area contributed by atoms with E-state index in [4.69, 9.17) is 18.0 Å². The Labute approximate surface area is 157 Å². The number of nitrogens with one attached hydrogen (secondary N) is 1. The van der Waals surface area contributed by atoms with Crippen molar-refractivity contribution in [3.8, 4) is 0 Å². The average molecular weight is 368 g/mol. The van der Waals surface area contributed by atoms with Gasteiger partial charge >= 0.3 is 0 Å². The maximum atomic E-state index is 13.2. The van der Waals surface area contributed by atoms with Gasteiger partial charge in [-0.1, -0.05) is 18.2 Å². The number of fused-ring (bicyclic) bond motifs is 1. The van der Waals surface area contributed by atoms with Crippen LogP contribution < -0.4 is 11.1 Å². The lowest BCUT2D eigenvalue weighted by atomic mass is 10.1. The van der Waals surface area contributed by atoms with E-state index < -0.39 is 0 Å². The molecule has 0 fully saturated rings. The topological polar surface area (TPSA) is 54.2 Å². The van der Waals surface area contributed by atoms with Crippen LogP contribution >= 0.6 is 12.2 Å². The molecule has 0 aliphatic heterocycles. The first-order valence-electron chi connectivity index (χ1n) is 8.45. The molecule has 2 aromatic carbocycles. The van der Waals surface area contributed by atoms with E-state index in [0.29, 0.717) is 18.2 Å². The van der Waals surface area contributed by atoms with E-state index >= 15 is 0 Å². The zero-order chi connectivity index (χ0) is 18.5. The van der Waals surface area contributed by atoms with Gasteiger partial charge in [0.15, 0.2) is 5.11 Å². The summed E-state index contributed by atoms with van der Waals surface area (Å²) in [5.41, 5.74) is 7.66. The Morgan fingerprint density at radius 3 is 2.69 bits per heavy atom. The van der Waals surface area contributed by atoms with Gasteiger partial charge in [0.25, 0.3) is 0 Å². The standard InChI is InChI=1S/C20H21FN4S/c1-14(15-2-5-18(21)6-3-15)25(11-9-22)20(26)24-19-7-4-17-13-23-10-8-16(17)12-19/h2-8,10,12-14H,9,11,22H2,1H3,(H,24,26). The average Bonchev–Trinajstić information content (AvgIpc) is 2.66. The molecule has 3 aromatic rings. The number of anilines is 1. The van der Waals surface area contributed by atoms with Crippen molar-refractivity contribution in [1.29, 1.82) is 0 Å². The molecule has 0 radical (unpaired) electrons. The van der Waals surface area contributed by atoms with Crippen LogP contribution in [-0.4, -0.2) is 28.1 Å². The second-order valence-electron chi connectivity index (χ2n) is 6.08. The van der Waals surface area contributed by atoms with Crippen LogP contribution in [0.3, 0.4) is 0 Å². The molecule has 3 rings (SSSR count). The Kier molecular flexibility index (Phi) is 5.75. The Morgan fingerprint density at radius 2 is 1.96 bits per heavy atom. The van der Waals surface area contributed by atoms with Crippen molar-refractivity contribution in [1.82, 2.24) is 9.88 Å². The van der Waals surface area contributed by atoms with Crippen molar-refractivity contribution in [2.24, 2.45) is 5.73 Å². The van der Waals surface area contributed by atoms with Crippen molar-refractivity contribution in [3.63, 3.8) is 0 Å². The Morgan fingerprint density at radius 1 is 1.19 bits per heavy atom. The number of benzene rings is 2. The summed E-state index contributed by atoms with van der Waals surface area (Å²) >= 11 is 5.62. The zero-order valence-corrected chi connectivity index (χ0v) is 15.3. The third kappa shape index (κ3) is 4.15. The molecule has 1 aromatic heterocycles. The fourth-order valence-corrected chi connectivity index (χ4v) is 3.26. The molecule has 26 heavy (non-hydrogen) atoms. The first-order valence-corrected chi connectivity index (χ1v) is 8.86. The van der Waals surface area contributed by atoms with Gasteiger partial charge < -0.3 is 16.0 Å². The molecule has 0 aliphatic carbocycles. The zero-order valence-electron chi connectivity index (χ0n) is 14.5. The van der Waals surface area contributed by atoms with E-state index in [9.17, 15) is 4.39 Å². The maximum absolute atomic E-state index is 13.2. The van der Waals surface area contributed by atoms with E-state index in [2.05, 4.69) is 10.3 Å². The SMILES string of the molecule is CC(c1ccc(F)cc1)N(CCN)C(=S)Nc1ccc2cnccc2c1. The van der Waals surface area contributed by atoms with Crippen LogP contribution in [0.4, 0.5) is 10.1 Å². The Bertz CT molecular complexity index is 898. The summed E-state index contributed by atoms with van der Waals surface area (Å²) in [6, 6.07) is 14.4. The minimum atomic E-state index is -0.252. The summed E-state index contributed by atoms with van der Waals surface area (Å²) in [6.45, 7) is 3.10. The highest BCUT2D eigenvalue weighted by Gasteiger charge is 2.18. The maximum Gasteiger partial charge on any atom is 0.173 e. The van der Waals surface area contributed by atoms with E-state index in [1.165, 1.54) is 12.1 Å². The lowest BCUT2D eigenvalue weighted by Gasteiger charge is -2.32. The summed E-state index contributed by atoms with van der Waals surface area (Å²) in [6.07, 6.45) is 3.59. The van der Waals surface area contributed by atoms with Crippen molar-refractivity contribution >= 4 is 33.8 Å². The largest absolute Gasteiger partial charge is 0.341 e. The molecule has 0 aliphatic rings. The predicted molar refractivity (Wildman–Crippen MR) is 109 cm³/mol. The normalized spacial score (nSPS) is 12.0. The number of thiocarbonyl (C=S) groups is 1. The molecule has 3 N–H and O–H groups in total. The highest BCUT2D eigenvalue weighted by Crippen LogP contribution is 2.23. The Balaban J connectivity index is 1.79. The Hall–Kier alpha value is -2.57. The molecule has 6 heteroatoms. The van der Waals surface area contributed by atoms with Gasteiger partial charge in [0.2, 0.25) is 0 Å². The van der Waals surface area contributed by atoms with Crippen LogP contribution in [0.1, 0.15) is 18.5 Å². The van der Waals surface area contributed by atoms with E-state index in [-0.39, 0.29) is 11.9 Å².